The molecule has 2 N–H and O–H groups in total. The average molecular weight is 605 g/mol. The molecule has 5 heterocycles. The minimum atomic E-state index is -0.222. The molecule has 5 atom stereocenters. The number of piperidine rings is 1. The minimum absolute atomic E-state index is 0.0966. The van der Waals surface area contributed by atoms with Gasteiger partial charge in [0, 0.05) is 73.6 Å². The Morgan fingerprint density at radius 1 is 1.05 bits per heavy atom. The van der Waals surface area contributed by atoms with Crippen LogP contribution in [0.3, 0.4) is 0 Å². The van der Waals surface area contributed by atoms with E-state index in [1.807, 2.05) is 38.1 Å². The van der Waals surface area contributed by atoms with Gasteiger partial charge in [-0.15, -0.1) is 0 Å². The van der Waals surface area contributed by atoms with Crippen molar-refractivity contribution in [2.24, 2.45) is 11.3 Å². The van der Waals surface area contributed by atoms with Gasteiger partial charge in [-0.3, -0.25) is 10.4 Å². The number of likely N-dealkylation sites (tertiary alicyclic amines) is 1. The van der Waals surface area contributed by atoms with Crippen molar-refractivity contribution < 1.29 is 14.3 Å². The Labute approximate surface area is 251 Å². The van der Waals surface area contributed by atoms with E-state index < -0.39 is 0 Å². The topological polar surface area (TPSA) is 105 Å². The summed E-state index contributed by atoms with van der Waals surface area (Å²) in [6.45, 7) is 8.98. The average Bonchev–Trinajstić information content (AvgIpc) is 3.35. The van der Waals surface area contributed by atoms with E-state index in [1.54, 1.807) is 12.4 Å². The van der Waals surface area contributed by atoms with E-state index in [0.717, 1.165) is 75.4 Å². The van der Waals surface area contributed by atoms with Gasteiger partial charge >= 0.3 is 6.09 Å². The number of ether oxygens (including phenoxy) is 2. The molecule has 2 aromatic rings. The van der Waals surface area contributed by atoms with Gasteiger partial charge in [0.15, 0.2) is 0 Å². The van der Waals surface area contributed by atoms with Gasteiger partial charge in [0.05, 0.1) is 34.4 Å². The van der Waals surface area contributed by atoms with Crippen LogP contribution >= 0.6 is 23.2 Å². The number of carbonyl (C=O) groups is 1. The maximum Gasteiger partial charge on any atom is 0.410 e. The first kappa shape index (κ1) is 28.9. The Bertz CT molecular complexity index is 1220. The molecule has 2 aromatic heterocycles. The van der Waals surface area contributed by atoms with E-state index in [-0.39, 0.29) is 35.9 Å². The number of fused-ring (bicyclic) bond motifs is 1. The van der Waals surface area contributed by atoms with Gasteiger partial charge in [0.25, 0.3) is 0 Å². The third kappa shape index (κ3) is 5.99. The number of rotatable bonds is 6. The lowest BCUT2D eigenvalue weighted by Crippen LogP contribution is -2.64. The molecule has 1 spiro atoms. The molecular weight excluding hydrogens is 565 g/mol. The highest BCUT2D eigenvalue weighted by Crippen LogP contribution is 2.43. The molecular formula is C29H39Cl2N7O3. The lowest BCUT2D eigenvalue weighted by Gasteiger charge is -2.54. The monoisotopic (exact) mass is 603 g/mol. The zero-order valence-electron chi connectivity index (χ0n) is 23.9. The van der Waals surface area contributed by atoms with Crippen LogP contribution in [0.15, 0.2) is 24.8 Å². The van der Waals surface area contributed by atoms with Crippen LogP contribution in [0.1, 0.15) is 76.1 Å². The van der Waals surface area contributed by atoms with Crippen molar-refractivity contribution in [1.82, 2.24) is 30.7 Å². The van der Waals surface area contributed by atoms with Crippen LogP contribution in [-0.4, -0.2) is 70.4 Å². The van der Waals surface area contributed by atoms with E-state index in [1.165, 1.54) is 0 Å². The highest BCUT2D eigenvalue weighted by Gasteiger charge is 2.48. The quantitative estimate of drug-likeness (QED) is 0.467. The number of anilines is 1. The van der Waals surface area contributed by atoms with Gasteiger partial charge in [0.1, 0.15) is 0 Å². The zero-order valence-corrected chi connectivity index (χ0v) is 25.4. The van der Waals surface area contributed by atoms with Crippen LogP contribution in [-0.2, 0) is 9.47 Å². The number of amides is 1. The molecule has 1 saturated carbocycles. The normalized spacial score (nSPS) is 28.0. The summed E-state index contributed by atoms with van der Waals surface area (Å²) in [7, 11) is 0. The predicted octanol–water partition coefficient (Wildman–Crippen LogP) is 5.09. The summed E-state index contributed by atoms with van der Waals surface area (Å²) < 4.78 is 11.9. The smallest absolute Gasteiger partial charge is 0.410 e. The Hall–Kier alpha value is -2.24. The standard InChI is InChI=1S/C29H39Cl2N7O3/c1-17(2)40-28(39)37-8-4-7-29(14-37)15-38(16-29)27-33-10-19(11-34-27)26-21-9-20(5-6-24(21)35-36-26)41-18(3)25-22(30)12-32-13-23(25)31/h10-13,17-18,20-21,24,26,35-36H,4-9,14-16H2,1-3H3/t18-,20?,21?,24?,26?/m1/s1. The summed E-state index contributed by atoms with van der Waals surface area (Å²) in [5, 5.41) is 1.06. The second-order valence-corrected chi connectivity index (χ2v) is 13.2. The number of pyridine rings is 1. The summed E-state index contributed by atoms with van der Waals surface area (Å²) in [6, 6.07) is 0.472. The predicted molar refractivity (Wildman–Crippen MR) is 157 cm³/mol. The van der Waals surface area contributed by atoms with Crippen LogP contribution in [0.5, 0.6) is 0 Å². The SMILES string of the molecule is CC(C)OC(=O)N1CCCC2(C1)CN(c1ncc(C3NNC4CCC(O[C@H](C)c5c(Cl)cncc5Cl)CC43)cn1)C2. The van der Waals surface area contributed by atoms with Gasteiger partial charge < -0.3 is 19.3 Å². The third-order valence-corrected chi connectivity index (χ3v) is 9.61. The molecule has 4 aliphatic rings. The van der Waals surface area contributed by atoms with Crippen LogP contribution < -0.4 is 15.8 Å². The third-order valence-electron chi connectivity index (χ3n) is 9.01. The fourth-order valence-corrected chi connectivity index (χ4v) is 7.77. The number of hydrazine groups is 1. The summed E-state index contributed by atoms with van der Waals surface area (Å²) in [5.41, 5.74) is 8.94. The van der Waals surface area contributed by atoms with Crippen LogP contribution in [0.25, 0.3) is 0 Å². The lowest BCUT2D eigenvalue weighted by atomic mass is 9.73. The van der Waals surface area contributed by atoms with E-state index in [4.69, 9.17) is 42.6 Å². The first-order valence-electron chi connectivity index (χ1n) is 14.7. The molecule has 10 nitrogen and oxygen atoms in total. The molecule has 0 radical (unpaired) electrons. The molecule has 3 saturated heterocycles. The number of hydrogen-bond acceptors (Lipinski definition) is 9. The summed E-state index contributed by atoms with van der Waals surface area (Å²) in [6.07, 6.45) is 11.7. The lowest BCUT2D eigenvalue weighted by molar-refractivity contribution is -0.0370. The first-order chi connectivity index (χ1) is 19.7. The number of hydrogen-bond donors (Lipinski definition) is 2. The van der Waals surface area contributed by atoms with Crippen molar-refractivity contribution in [3.63, 3.8) is 0 Å². The number of carbonyl (C=O) groups excluding carboxylic acids is 1. The largest absolute Gasteiger partial charge is 0.447 e. The van der Waals surface area contributed by atoms with Crippen LogP contribution in [0.2, 0.25) is 10.0 Å². The van der Waals surface area contributed by atoms with E-state index >= 15 is 0 Å². The fourth-order valence-electron chi connectivity index (χ4n) is 7.10. The molecule has 6 rings (SSSR count). The van der Waals surface area contributed by atoms with E-state index in [2.05, 4.69) is 20.7 Å². The Morgan fingerprint density at radius 3 is 2.49 bits per heavy atom. The Kier molecular flexibility index (Phi) is 8.31. The van der Waals surface area contributed by atoms with Gasteiger partial charge in [-0.25, -0.2) is 20.2 Å². The number of aromatic nitrogens is 3. The minimum Gasteiger partial charge on any atom is -0.447 e. The zero-order chi connectivity index (χ0) is 28.7. The molecule has 0 aromatic carbocycles. The van der Waals surface area contributed by atoms with Gasteiger partial charge in [0.2, 0.25) is 5.95 Å². The van der Waals surface area contributed by atoms with Crippen molar-refractivity contribution in [2.45, 2.75) is 83.3 Å². The van der Waals surface area contributed by atoms with Crippen molar-refractivity contribution in [1.29, 1.82) is 0 Å². The Balaban J connectivity index is 1.05. The highest BCUT2D eigenvalue weighted by molar-refractivity contribution is 6.35. The molecule has 4 unspecified atom stereocenters. The van der Waals surface area contributed by atoms with Gasteiger partial charge in [-0.1, -0.05) is 23.2 Å². The fraction of sp³-hybridized carbons (Fsp3) is 0.655. The van der Waals surface area contributed by atoms with Crippen LogP contribution in [0, 0.1) is 11.3 Å². The van der Waals surface area contributed by atoms with E-state index in [0.29, 0.717) is 22.0 Å². The number of halogens is 2. The molecule has 3 aliphatic heterocycles. The molecule has 41 heavy (non-hydrogen) atoms. The summed E-state index contributed by atoms with van der Waals surface area (Å²) in [4.78, 5) is 30.1. The second-order valence-electron chi connectivity index (χ2n) is 12.4. The highest BCUT2D eigenvalue weighted by atomic mass is 35.5. The summed E-state index contributed by atoms with van der Waals surface area (Å²) in [5.74, 6) is 1.10. The van der Waals surface area contributed by atoms with Crippen molar-refractivity contribution in [2.75, 3.05) is 31.1 Å². The van der Waals surface area contributed by atoms with Crippen LogP contribution in [0.4, 0.5) is 10.7 Å². The van der Waals surface area contributed by atoms with Crippen molar-refractivity contribution in [3.05, 3.63) is 46.0 Å². The van der Waals surface area contributed by atoms with Crippen molar-refractivity contribution >= 4 is 35.2 Å². The molecule has 0 bridgehead atoms. The first-order valence-corrected chi connectivity index (χ1v) is 15.4. The maximum absolute atomic E-state index is 12.4. The number of nitrogens with one attached hydrogen (secondary N) is 2. The molecule has 12 heteroatoms. The molecule has 1 aliphatic carbocycles. The van der Waals surface area contributed by atoms with Crippen molar-refractivity contribution in [3.8, 4) is 0 Å². The molecule has 4 fully saturated rings. The molecule has 1 amide bonds. The Morgan fingerprint density at radius 2 is 1.78 bits per heavy atom. The van der Waals surface area contributed by atoms with Gasteiger partial charge in [-0.2, -0.15) is 0 Å². The maximum atomic E-state index is 12.4. The summed E-state index contributed by atoms with van der Waals surface area (Å²) >= 11 is 12.8. The van der Waals surface area contributed by atoms with E-state index in [9.17, 15) is 4.79 Å². The number of nitrogens with zero attached hydrogens (tertiary/aromatic N) is 5. The van der Waals surface area contributed by atoms with Gasteiger partial charge in [-0.05, 0) is 58.8 Å². The molecule has 222 valence electrons. The second kappa shape index (κ2) is 11.8.